The molecule has 0 aliphatic heterocycles. The molecule has 10 heteroatoms. The van der Waals surface area contributed by atoms with Gasteiger partial charge in [0, 0.05) is 41.7 Å². The van der Waals surface area contributed by atoms with Crippen LogP contribution in [0.5, 0.6) is 5.75 Å². The van der Waals surface area contributed by atoms with E-state index in [1.807, 2.05) is 85.1 Å². The van der Waals surface area contributed by atoms with Gasteiger partial charge in [-0.25, -0.2) is 5.48 Å². The van der Waals surface area contributed by atoms with Crippen LogP contribution in [-0.2, 0) is 33.6 Å². The highest BCUT2D eigenvalue weighted by atomic mass is 32.1. The van der Waals surface area contributed by atoms with Gasteiger partial charge in [0.25, 0.3) is 0 Å². The van der Waals surface area contributed by atoms with Crippen LogP contribution < -0.4 is 20.9 Å². The number of nitrogens with one attached hydrogen (secondary N) is 4. The van der Waals surface area contributed by atoms with Gasteiger partial charge in [-0.15, -0.1) is 0 Å². The van der Waals surface area contributed by atoms with Gasteiger partial charge in [0.15, 0.2) is 0 Å². The van der Waals surface area contributed by atoms with E-state index in [1.54, 1.807) is 12.6 Å². The Kier molecular flexibility index (Phi) is 11.0. The summed E-state index contributed by atoms with van der Waals surface area (Å²) in [7, 11) is 1.58. The number of aromatic amines is 1. The number of methoxy groups -OCH3 is 1. The molecule has 0 aliphatic rings. The lowest BCUT2D eigenvalue weighted by atomic mass is 9.93. The summed E-state index contributed by atoms with van der Waals surface area (Å²) >= 11 is 4.69. The average Bonchev–Trinajstić information content (AvgIpc) is 3.42. The molecule has 1 heterocycles. The number of para-hydroxylation sites is 1. The van der Waals surface area contributed by atoms with Crippen molar-refractivity contribution in [3.63, 3.8) is 0 Å². The zero-order chi connectivity index (χ0) is 29.9. The summed E-state index contributed by atoms with van der Waals surface area (Å²) in [4.78, 5) is 42.6. The number of aromatic nitrogens is 1. The summed E-state index contributed by atoms with van der Waals surface area (Å²) in [5.41, 5.74) is 5.39. The van der Waals surface area contributed by atoms with E-state index < -0.39 is 29.0 Å². The van der Waals surface area contributed by atoms with Gasteiger partial charge in [0.05, 0.1) is 13.0 Å². The minimum Gasteiger partial charge on any atom is -0.497 e. The zero-order valence-electron chi connectivity index (χ0n) is 23.4. The van der Waals surface area contributed by atoms with Crippen molar-refractivity contribution in [2.24, 2.45) is 5.92 Å². The van der Waals surface area contributed by atoms with Gasteiger partial charge in [0.2, 0.25) is 17.7 Å². The quantitative estimate of drug-likeness (QED) is 0.0761. The molecule has 0 fully saturated rings. The van der Waals surface area contributed by atoms with Crippen LogP contribution in [0.2, 0.25) is 0 Å². The fraction of sp³-hybridized carbons (Fsp3) is 0.281. The Morgan fingerprint density at radius 1 is 0.905 bits per heavy atom. The van der Waals surface area contributed by atoms with E-state index in [4.69, 9.17) is 4.74 Å². The molecule has 0 bridgehead atoms. The fourth-order valence-electron chi connectivity index (χ4n) is 4.90. The normalized spacial score (nSPS) is 13.1. The fourth-order valence-corrected chi connectivity index (χ4v) is 5.35. The van der Waals surface area contributed by atoms with Gasteiger partial charge in [-0.3, -0.25) is 19.6 Å². The van der Waals surface area contributed by atoms with E-state index in [0.29, 0.717) is 25.1 Å². The lowest BCUT2D eigenvalue weighted by Gasteiger charge is -2.25. The van der Waals surface area contributed by atoms with Crippen LogP contribution in [0, 0.1) is 5.92 Å². The highest BCUT2D eigenvalue weighted by molar-refractivity contribution is 7.81. The number of fused-ring (bicyclic) bond motifs is 1. The van der Waals surface area contributed by atoms with Crippen molar-refractivity contribution in [2.75, 3.05) is 13.7 Å². The number of carbonyl (C=O) groups is 3. The molecule has 0 spiro atoms. The van der Waals surface area contributed by atoms with Crippen molar-refractivity contribution in [3.05, 3.63) is 102 Å². The predicted octanol–water partition coefficient (Wildman–Crippen LogP) is 3.62. The lowest BCUT2D eigenvalue weighted by Crippen LogP contribution is -2.51. The molecule has 42 heavy (non-hydrogen) atoms. The maximum Gasteiger partial charge on any atom is 0.244 e. The molecule has 3 atom stereocenters. The van der Waals surface area contributed by atoms with Crippen LogP contribution in [-0.4, -0.2) is 52.9 Å². The molecule has 0 saturated heterocycles. The summed E-state index contributed by atoms with van der Waals surface area (Å²) in [6, 6.07) is 24.0. The van der Waals surface area contributed by atoms with Crippen LogP contribution in [0.3, 0.4) is 0 Å². The number of hydroxylamine groups is 1. The Balaban J connectivity index is 1.52. The summed E-state index contributed by atoms with van der Waals surface area (Å²) in [6.45, 7) is 0.395. The summed E-state index contributed by atoms with van der Waals surface area (Å²) in [6.07, 6.45) is 2.78. The van der Waals surface area contributed by atoms with Gasteiger partial charge in [-0.05, 0) is 47.7 Å². The molecule has 1 unspecified atom stereocenters. The largest absolute Gasteiger partial charge is 0.497 e. The van der Waals surface area contributed by atoms with Gasteiger partial charge < -0.3 is 20.4 Å². The topological polar surface area (TPSA) is 133 Å². The van der Waals surface area contributed by atoms with E-state index in [0.717, 1.165) is 27.6 Å². The van der Waals surface area contributed by atoms with Crippen molar-refractivity contribution in [2.45, 2.75) is 37.0 Å². The number of thiol groups is 1. The smallest absolute Gasteiger partial charge is 0.244 e. The second kappa shape index (κ2) is 15.1. The van der Waals surface area contributed by atoms with Crippen molar-refractivity contribution < 1.29 is 24.3 Å². The Bertz CT molecular complexity index is 1480. The van der Waals surface area contributed by atoms with Gasteiger partial charge in [0.1, 0.15) is 11.8 Å². The van der Waals surface area contributed by atoms with Crippen LogP contribution in [0.25, 0.3) is 10.9 Å². The molecule has 9 nitrogen and oxygen atoms in total. The second-order valence-corrected chi connectivity index (χ2v) is 10.8. The molecule has 4 aromatic rings. The second-order valence-electron chi connectivity index (χ2n) is 10.1. The molecule has 1 aromatic heterocycles. The first-order valence-corrected chi connectivity index (χ1v) is 14.3. The van der Waals surface area contributed by atoms with Crippen LogP contribution in [0.4, 0.5) is 0 Å². The van der Waals surface area contributed by atoms with Gasteiger partial charge in [-0.1, -0.05) is 60.7 Å². The summed E-state index contributed by atoms with van der Waals surface area (Å²) < 4.78 is 5.21. The average molecular weight is 589 g/mol. The minimum atomic E-state index is -0.926. The first-order chi connectivity index (χ1) is 20.4. The number of amides is 3. The standard InChI is InChI=1S/C32H36N4O5S/c1-41-24-13-11-22(12-14-24)17-29(42)26(19-30(37)36-40)31(38)35-28(18-23-20-34-27-10-6-5-9-25(23)27)32(39)33-16-15-21-7-3-2-4-8-21/h2-14,20,26,28-29,34,40,42H,15-19H2,1H3,(H,33,39)(H,35,38)(H,36,37)/t26-,28-,29?/m1/s1. The number of rotatable bonds is 14. The van der Waals surface area contributed by atoms with Crippen molar-refractivity contribution in [1.82, 2.24) is 21.1 Å². The monoisotopic (exact) mass is 588 g/mol. The van der Waals surface area contributed by atoms with Crippen molar-refractivity contribution in [1.29, 1.82) is 0 Å². The number of H-pyrrole nitrogens is 1. The number of hydrogen-bond acceptors (Lipinski definition) is 6. The van der Waals surface area contributed by atoms with Gasteiger partial charge in [-0.2, -0.15) is 12.6 Å². The van der Waals surface area contributed by atoms with E-state index in [2.05, 4.69) is 28.2 Å². The molecule has 0 aliphatic carbocycles. The Morgan fingerprint density at radius 2 is 1.62 bits per heavy atom. The Labute approximate surface area is 250 Å². The highest BCUT2D eigenvalue weighted by Gasteiger charge is 2.32. The first-order valence-electron chi connectivity index (χ1n) is 13.8. The van der Waals surface area contributed by atoms with Crippen LogP contribution >= 0.6 is 12.6 Å². The highest BCUT2D eigenvalue weighted by Crippen LogP contribution is 2.23. The van der Waals surface area contributed by atoms with Gasteiger partial charge >= 0.3 is 0 Å². The third-order valence-corrected chi connectivity index (χ3v) is 7.77. The number of benzene rings is 3. The summed E-state index contributed by atoms with van der Waals surface area (Å²) in [5, 5.41) is 15.4. The molecule has 5 N–H and O–H groups in total. The number of hydrogen-bond donors (Lipinski definition) is 6. The molecule has 0 radical (unpaired) electrons. The third kappa shape index (κ3) is 8.37. The molecule has 3 aromatic carbocycles. The minimum absolute atomic E-state index is 0.238. The summed E-state index contributed by atoms with van der Waals surface area (Å²) in [5.74, 6) is -1.78. The van der Waals surface area contributed by atoms with E-state index in [1.165, 1.54) is 0 Å². The van der Waals surface area contributed by atoms with E-state index >= 15 is 0 Å². The molecular formula is C32H36N4O5S. The third-order valence-electron chi connectivity index (χ3n) is 7.22. The van der Waals surface area contributed by atoms with Crippen molar-refractivity contribution >= 4 is 41.3 Å². The molecule has 0 saturated carbocycles. The Hall–Kier alpha value is -4.28. The van der Waals surface area contributed by atoms with E-state index in [-0.39, 0.29) is 18.7 Å². The number of ether oxygens (including phenoxy) is 1. The van der Waals surface area contributed by atoms with Crippen molar-refractivity contribution in [3.8, 4) is 5.75 Å². The zero-order valence-corrected chi connectivity index (χ0v) is 24.3. The maximum absolute atomic E-state index is 13.7. The van der Waals surface area contributed by atoms with Crippen LogP contribution in [0.1, 0.15) is 23.1 Å². The van der Waals surface area contributed by atoms with E-state index in [9.17, 15) is 19.6 Å². The molecule has 3 amide bonds. The van der Waals surface area contributed by atoms with Crippen LogP contribution in [0.15, 0.2) is 85.1 Å². The number of carbonyl (C=O) groups excluding carboxylic acids is 3. The molecule has 4 rings (SSSR count). The lowest BCUT2D eigenvalue weighted by molar-refractivity contribution is -0.136. The molecule has 220 valence electrons. The first kappa shape index (κ1) is 30.7. The Morgan fingerprint density at radius 3 is 2.33 bits per heavy atom. The molecular weight excluding hydrogens is 552 g/mol. The predicted molar refractivity (Wildman–Crippen MR) is 165 cm³/mol. The SMILES string of the molecule is COc1ccc(CC(S)[C@@H](CC(=O)NO)C(=O)N[C@H](Cc2c[nH]c3ccccc23)C(=O)NCCc2ccccc2)cc1. The maximum atomic E-state index is 13.7.